The minimum absolute atomic E-state index is 0.0447. The van der Waals surface area contributed by atoms with Crippen LogP contribution in [0.4, 0.5) is 0 Å². The summed E-state index contributed by atoms with van der Waals surface area (Å²) in [7, 11) is 0. The van der Waals surface area contributed by atoms with Gasteiger partial charge in [0.15, 0.2) is 0 Å². The van der Waals surface area contributed by atoms with Gasteiger partial charge in [-0.25, -0.2) is 4.98 Å². The highest BCUT2D eigenvalue weighted by Gasteiger charge is 2.11. The van der Waals surface area contributed by atoms with Crippen LogP contribution in [0.2, 0.25) is 5.02 Å². The van der Waals surface area contributed by atoms with Crippen LogP contribution >= 0.6 is 11.6 Å². The van der Waals surface area contributed by atoms with E-state index >= 15 is 0 Å². The SMILES string of the molecule is Cc1cc2c(=O)n(Cc3ccccc3Cl)c(C)nc2[nH]1. The average molecular weight is 288 g/mol. The van der Waals surface area contributed by atoms with Crippen LogP contribution in [0.3, 0.4) is 0 Å². The van der Waals surface area contributed by atoms with Gasteiger partial charge in [0.1, 0.15) is 11.5 Å². The largest absolute Gasteiger partial charge is 0.343 e. The molecule has 0 saturated carbocycles. The summed E-state index contributed by atoms with van der Waals surface area (Å²) in [5.74, 6) is 0.671. The Morgan fingerprint density at radius 2 is 2.05 bits per heavy atom. The number of nitrogens with one attached hydrogen (secondary N) is 1. The van der Waals surface area contributed by atoms with Gasteiger partial charge >= 0.3 is 0 Å². The maximum absolute atomic E-state index is 12.5. The van der Waals surface area contributed by atoms with E-state index < -0.39 is 0 Å². The standard InChI is InChI=1S/C15H14ClN3O/c1-9-7-12-14(17-9)18-10(2)19(15(12)20)8-11-5-3-4-6-13(11)16/h3-7,17H,8H2,1-2H3. The van der Waals surface area contributed by atoms with Crippen molar-refractivity contribution in [3.05, 3.63) is 62.8 Å². The van der Waals surface area contributed by atoms with Crippen LogP contribution in [0.25, 0.3) is 11.0 Å². The van der Waals surface area contributed by atoms with Crippen molar-refractivity contribution in [3.8, 4) is 0 Å². The molecule has 102 valence electrons. The van der Waals surface area contributed by atoms with Crippen LogP contribution in [-0.4, -0.2) is 14.5 Å². The Morgan fingerprint density at radius 3 is 2.80 bits per heavy atom. The van der Waals surface area contributed by atoms with Crippen molar-refractivity contribution < 1.29 is 0 Å². The first-order valence-electron chi connectivity index (χ1n) is 6.36. The second-order valence-corrected chi connectivity index (χ2v) is 5.26. The third kappa shape index (κ3) is 2.12. The Bertz CT molecular complexity index is 848. The van der Waals surface area contributed by atoms with Crippen molar-refractivity contribution in [2.45, 2.75) is 20.4 Å². The molecular weight excluding hydrogens is 274 g/mol. The second-order valence-electron chi connectivity index (χ2n) is 4.86. The molecule has 5 heteroatoms. The molecule has 0 aliphatic rings. The number of hydrogen-bond donors (Lipinski definition) is 1. The molecule has 1 aromatic carbocycles. The summed E-state index contributed by atoms with van der Waals surface area (Å²) in [6.07, 6.45) is 0. The molecule has 3 rings (SSSR count). The molecule has 0 aliphatic heterocycles. The van der Waals surface area contributed by atoms with E-state index in [-0.39, 0.29) is 5.56 Å². The summed E-state index contributed by atoms with van der Waals surface area (Å²) >= 11 is 6.16. The van der Waals surface area contributed by atoms with Crippen LogP contribution in [0.1, 0.15) is 17.1 Å². The van der Waals surface area contributed by atoms with E-state index in [2.05, 4.69) is 9.97 Å². The average Bonchev–Trinajstić information content (AvgIpc) is 2.77. The molecule has 2 heterocycles. The maximum atomic E-state index is 12.5. The van der Waals surface area contributed by atoms with Crippen molar-refractivity contribution in [1.82, 2.24) is 14.5 Å². The molecule has 20 heavy (non-hydrogen) atoms. The summed E-state index contributed by atoms with van der Waals surface area (Å²) in [5, 5.41) is 1.27. The summed E-state index contributed by atoms with van der Waals surface area (Å²) in [5.41, 5.74) is 2.43. The molecule has 0 unspecified atom stereocenters. The number of H-pyrrole nitrogens is 1. The second kappa shape index (κ2) is 4.80. The van der Waals surface area contributed by atoms with Gasteiger partial charge in [-0.3, -0.25) is 9.36 Å². The Labute approximate surface area is 121 Å². The predicted molar refractivity (Wildman–Crippen MR) is 80.4 cm³/mol. The van der Waals surface area contributed by atoms with Crippen LogP contribution in [0.15, 0.2) is 35.1 Å². The summed E-state index contributed by atoms with van der Waals surface area (Å²) in [4.78, 5) is 20.1. The zero-order valence-corrected chi connectivity index (χ0v) is 12.0. The number of aromatic nitrogens is 3. The van der Waals surface area contributed by atoms with E-state index in [1.165, 1.54) is 0 Å². The van der Waals surface area contributed by atoms with E-state index in [4.69, 9.17) is 11.6 Å². The first-order valence-corrected chi connectivity index (χ1v) is 6.74. The molecule has 0 amide bonds. The summed E-state index contributed by atoms with van der Waals surface area (Å²) in [6, 6.07) is 9.35. The summed E-state index contributed by atoms with van der Waals surface area (Å²) < 4.78 is 1.65. The zero-order valence-electron chi connectivity index (χ0n) is 11.3. The van der Waals surface area contributed by atoms with E-state index in [1.54, 1.807) is 4.57 Å². The molecule has 0 aliphatic carbocycles. The van der Waals surface area contributed by atoms with Crippen LogP contribution < -0.4 is 5.56 Å². The molecule has 1 N–H and O–H groups in total. The van der Waals surface area contributed by atoms with Crippen molar-refractivity contribution in [3.63, 3.8) is 0 Å². The first-order chi connectivity index (χ1) is 9.56. The molecule has 0 radical (unpaired) electrons. The number of aryl methyl sites for hydroxylation is 2. The van der Waals surface area contributed by atoms with Gasteiger partial charge in [0.05, 0.1) is 11.9 Å². The molecule has 0 fully saturated rings. The fourth-order valence-electron chi connectivity index (χ4n) is 2.32. The van der Waals surface area contributed by atoms with Gasteiger partial charge < -0.3 is 4.98 Å². The minimum atomic E-state index is -0.0447. The monoisotopic (exact) mass is 287 g/mol. The lowest BCUT2D eigenvalue weighted by Crippen LogP contribution is -2.24. The van der Waals surface area contributed by atoms with Gasteiger partial charge in [-0.15, -0.1) is 0 Å². The lowest BCUT2D eigenvalue weighted by molar-refractivity contribution is 0.712. The molecule has 2 aromatic heterocycles. The van der Waals surface area contributed by atoms with Gasteiger partial charge in [-0.1, -0.05) is 29.8 Å². The van der Waals surface area contributed by atoms with Crippen molar-refractivity contribution in [1.29, 1.82) is 0 Å². The van der Waals surface area contributed by atoms with Crippen LogP contribution in [0, 0.1) is 13.8 Å². The zero-order chi connectivity index (χ0) is 14.3. The number of rotatable bonds is 2. The first kappa shape index (κ1) is 12.9. The highest BCUT2D eigenvalue weighted by atomic mass is 35.5. The van der Waals surface area contributed by atoms with Crippen molar-refractivity contribution in [2.24, 2.45) is 0 Å². The van der Waals surface area contributed by atoms with E-state index in [9.17, 15) is 4.79 Å². The highest BCUT2D eigenvalue weighted by molar-refractivity contribution is 6.31. The summed E-state index contributed by atoms with van der Waals surface area (Å²) in [6.45, 7) is 4.17. The number of benzene rings is 1. The van der Waals surface area contributed by atoms with Gasteiger partial charge in [0.2, 0.25) is 0 Å². The molecule has 0 bridgehead atoms. The number of aromatic amines is 1. The Kier molecular flexibility index (Phi) is 3.10. The Morgan fingerprint density at radius 1 is 1.30 bits per heavy atom. The molecule has 0 atom stereocenters. The van der Waals surface area contributed by atoms with E-state index in [1.807, 2.05) is 44.2 Å². The predicted octanol–water partition coefficient (Wildman–Crippen LogP) is 3.04. The quantitative estimate of drug-likeness (QED) is 0.787. The normalized spacial score (nSPS) is 11.2. The molecule has 4 nitrogen and oxygen atoms in total. The van der Waals surface area contributed by atoms with E-state index in [0.29, 0.717) is 28.4 Å². The molecule has 0 spiro atoms. The Balaban J connectivity index is 2.17. The fourth-order valence-corrected chi connectivity index (χ4v) is 2.52. The van der Waals surface area contributed by atoms with E-state index in [0.717, 1.165) is 11.3 Å². The highest BCUT2D eigenvalue weighted by Crippen LogP contribution is 2.17. The Hall–Kier alpha value is -2.07. The van der Waals surface area contributed by atoms with Gasteiger partial charge in [-0.2, -0.15) is 0 Å². The van der Waals surface area contributed by atoms with Crippen LogP contribution in [0.5, 0.6) is 0 Å². The van der Waals surface area contributed by atoms with Crippen molar-refractivity contribution in [2.75, 3.05) is 0 Å². The number of fused-ring (bicyclic) bond motifs is 1. The fraction of sp³-hybridized carbons (Fsp3) is 0.200. The minimum Gasteiger partial charge on any atom is -0.343 e. The topological polar surface area (TPSA) is 50.7 Å². The number of nitrogens with zero attached hydrogens (tertiary/aromatic N) is 2. The molecular formula is C15H14ClN3O. The third-order valence-corrected chi connectivity index (χ3v) is 3.73. The number of hydrogen-bond acceptors (Lipinski definition) is 2. The number of halogens is 1. The lowest BCUT2D eigenvalue weighted by Gasteiger charge is -2.10. The third-order valence-electron chi connectivity index (χ3n) is 3.36. The van der Waals surface area contributed by atoms with Crippen molar-refractivity contribution >= 4 is 22.6 Å². The van der Waals surface area contributed by atoms with Gasteiger partial charge in [0, 0.05) is 10.7 Å². The molecule has 0 saturated heterocycles. The van der Waals surface area contributed by atoms with Gasteiger partial charge in [-0.05, 0) is 31.5 Å². The lowest BCUT2D eigenvalue weighted by atomic mass is 10.2. The smallest absolute Gasteiger partial charge is 0.263 e. The molecule has 3 aromatic rings. The maximum Gasteiger partial charge on any atom is 0.263 e. The van der Waals surface area contributed by atoms with Crippen LogP contribution in [-0.2, 0) is 6.54 Å². The van der Waals surface area contributed by atoms with Gasteiger partial charge in [0.25, 0.3) is 5.56 Å².